The van der Waals surface area contributed by atoms with Crippen LogP contribution in [0.1, 0.15) is 43.4 Å². The van der Waals surface area contributed by atoms with Crippen molar-refractivity contribution < 1.29 is 9.47 Å². The fourth-order valence-electron chi connectivity index (χ4n) is 3.45. The summed E-state index contributed by atoms with van der Waals surface area (Å²) in [5, 5.41) is 3.77. The third-order valence-electron chi connectivity index (χ3n) is 4.83. The van der Waals surface area contributed by atoms with Gasteiger partial charge in [-0.15, -0.1) is 0 Å². The van der Waals surface area contributed by atoms with Crippen LogP contribution in [0.5, 0.6) is 5.75 Å². The van der Waals surface area contributed by atoms with E-state index < -0.39 is 0 Å². The molecule has 3 nitrogen and oxygen atoms in total. The number of fused-ring (bicyclic) bond motifs is 1. The van der Waals surface area contributed by atoms with Gasteiger partial charge in [0.05, 0.1) is 13.2 Å². The minimum absolute atomic E-state index is 0.399. The number of rotatable bonds is 4. The normalized spacial score (nSPS) is 29.2. The average Bonchev–Trinajstić information content (AvgIpc) is 2.89. The zero-order chi connectivity index (χ0) is 13.9. The van der Waals surface area contributed by atoms with Crippen molar-refractivity contribution in [2.24, 2.45) is 5.92 Å². The molecule has 3 rings (SSSR count). The molecule has 1 aromatic carbocycles. The van der Waals surface area contributed by atoms with Gasteiger partial charge in [-0.3, -0.25) is 0 Å². The van der Waals surface area contributed by atoms with Crippen molar-refractivity contribution in [1.29, 1.82) is 0 Å². The maximum Gasteiger partial charge on any atom is 0.119 e. The molecule has 2 aliphatic rings. The number of aryl methyl sites for hydroxylation is 1. The largest absolute Gasteiger partial charge is 0.497 e. The summed E-state index contributed by atoms with van der Waals surface area (Å²) in [4.78, 5) is 0. The Kier molecular flexibility index (Phi) is 4.27. The molecule has 1 aromatic rings. The Bertz CT molecular complexity index is 460. The van der Waals surface area contributed by atoms with E-state index in [0.717, 1.165) is 18.9 Å². The number of hydrogen-bond acceptors (Lipinski definition) is 3. The van der Waals surface area contributed by atoms with Crippen molar-refractivity contribution in [3.63, 3.8) is 0 Å². The lowest BCUT2D eigenvalue weighted by Gasteiger charge is -2.28. The first-order chi connectivity index (χ1) is 9.78. The van der Waals surface area contributed by atoms with E-state index in [1.54, 1.807) is 7.11 Å². The second kappa shape index (κ2) is 6.15. The van der Waals surface area contributed by atoms with Gasteiger partial charge in [-0.1, -0.05) is 6.07 Å². The van der Waals surface area contributed by atoms with Gasteiger partial charge >= 0.3 is 0 Å². The van der Waals surface area contributed by atoms with Crippen molar-refractivity contribution in [3.05, 3.63) is 29.3 Å². The molecule has 3 heteroatoms. The first kappa shape index (κ1) is 13.9. The topological polar surface area (TPSA) is 30.5 Å². The van der Waals surface area contributed by atoms with E-state index in [4.69, 9.17) is 9.47 Å². The average molecular weight is 275 g/mol. The van der Waals surface area contributed by atoms with Gasteiger partial charge in [0.1, 0.15) is 5.75 Å². The van der Waals surface area contributed by atoms with E-state index in [-0.39, 0.29) is 0 Å². The number of hydrogen-bond donors (Lipinski definition) is 1. The van der Waals surface area contributed by atoms with Crippen molar-refractivity contribution in [1.82, 2.24) is 5.32 Å². The highest BCUT2D eigenvalue weighted by Gasteiger charge is 2.26. The van der Waals surface area contributed by atoms with Crippen LogP contribution >= 0.6 is 0 Å². The quantitative estimate of drug-likeness (QED) is 0.916. The minimum atomic E-state index is 0.399. The Hall–Kier alpha value is -1.06. The minimum Gasteiger partial charge on any atom is -0.497 e. The molecule has 3 unspecified atom stereocenters. The van der Waals surface area contributed by atoms with Gasteiger partial charge < -0.3 is 14.8 Å². The Morgan fingerprint density at radius 1 is 1.35 bits per heavy atom. The molecule has 1 fully saturated rings. The molecule has 1 aliphatic heterocycles. The molecule has 0 bridgehead atoms. The smallest absolute Gasteiger partial charge is 0.119 e. The Morgan fingerprint density at radius 3 is 3.00 bits per heavy atom. The number of nitrogens with one attached hydrogen (secondary N) is 1. The fourth-order valence-corrected chi connectivity index (χ4v) is 3.45. The molecular formula is C17H25NO2. The van der Waals surface area contributed by atoms with Gasteiger partial charge in [0.25, 0.3) is 0 Å². The number of methoxy groups -OCH3 is 1. The lowest BCUT2D eigenvalue weighted by atomic mass is 9.87. The van der Waals surface area contributed by atoms with Crippen LogP contribution in [-0.2, 0) is 11.2 Å². The molecule has 1 aliphatic carbocycles. The number of ether oxygens (including phenoxy) is 2. The fraction of sp³-hybridized carbons (Fsp3) is 0.647. The zero-order valence-corrected chi connectivity index (χ0v) is 12.5. The lowest BCUT2D eigenvalue weighted by molar-refractivity contribution is 0.104. The highest BCUT2D eigenvalue weighted by atomic mass is 16.5. The van der Waals surface area contributed by atoms with Crippen molar-refractivity contribution in [2.45, 2.75) is 44.8 Å². The zero-order valence-electron chi connectivity index (χ0n) is 12.5. The summed E-state index contributed by atoms with van der Waals surface area (Å²) in [6.07, 6.45) is 5.28. The van der Waals surface area contributed by atoms with Gasteiger partial charge in [0.2, 0.25) is 0 Å². The third kappa shape index (κ3) is 2.84. The molecule has 0 spiro atoms. The summed E-state index contributed by atoms with van der Waals surface area (Å²) in [6, 6.07) is 6.99. The SMILES string of the molecule is COc1ccc2c(c1)C(NCC1CCOC1C)CCC2. The molecule has 3 atom stereocenters. The summed E-state index contributed by atoms with van der Waals surface area (Å²) in [6.45, 7) is 4.17. The predicted octanol–water partition coefficient (Wildman–Crippen LogP) is 3.09. The Labute approximate surface area is 121 Å². The van der Waals surface area contributed by atoms with Crippen molar-refractivity contribution >= 4 is 0 Å². The second-order valence-electron chi connectivity index (χ2n) is 6.04. The Balaban J connectivity index is 1.69. The van der Waals surface area contributed by atoms with E-state index in [9.17, 15) is 0 Å². The molecule has 0 radical (unpaired) electrons. The van der Waals surface area contributed by atoms with E-state index in [1.807, 2.05) is 0 Å². The monoisotopic (exact) mass is 275 g/mol. The van der Waals surface area contributed by atoms with Crippen LogP contribution < -0.4 is 10.1 Å². The van der Waals surface area contributed by atoms with Crippen LogP contribution in [0.3, 0.4) is 0 Å². The van der Waals surface area contributed by atoms with E-state index in [2.05, 4.69) is 30.4 Å². The van der Waals surface area contributed by atoms with Gasteiger partial charge in [-0.25, -0.2) is 0 Å². The molecule has 0 aromatic heterocycles. The van der Waals surface area contributed by atoms with Gasteiger partial charge in [0.15, 0.2) is 0 Å². The summed E-state index contributed by atoms with van der Waals surface area (Å²) in [5.74, 6) is 1.63. The van der Waals surface area contributed by atoms with Crippen molar-refractivity contribution in [2.75, 3.05) is 20.3 Å². The summed E-state index contributed by atoms with van der Waals surface area (Å²) in [5.41, 5.74) is 2.91. The van der Waals surface area contributed by atoms with Gasteiger partial charge in [-0.05, 0) is 61.8 Å². The van der Waals surface area contributed by atoms with Crippen LogP contribution in [0.2, 0.25) is 0 Å². The first-order valence-corrected chi connectivity index (χ1v) is 7.79. The van der Waals surface area contributed by atoms with Crippen LogP contribution in [0.25, 0.3) is 0 Å². The molecular weight excluding hydrogens is 250 g/mol. The van der Waals surface area contributed by atoms with E-state index in [1.165, 1.54) is 36.8 Å². The molecule has 1 heterocycles. The highest BCUT2D eigenvalue weighted by Crippen LogP contribution is 2.33. The number of benzene rings is 1. The maximum absolute atomic E-state index is 5.65. The highest BCUT2D eigenvalue weighted by molar-refractivity contribution is 5.39. The summed E-state index contributed by atoms with van der Waals surface area (Å²) < 4.78 is 11.0. The molecule has 1 saturated heterocycles. The summed E-state index contributed by atoms with van der Waals surface area (Å²) in [7, 11) is 1.74. The predicted molar refractivity (Wildman–Crippen MR) is 80.2 cm³/mol. The van der Waals surface area contributed by atoms with E-state index >= 15 is 0 Å². The maximum atomic E-state index is 5.65. The molecule has 0 amide bonds. The molecule has 0 saturated carbocycles. The lowest BCUT2D eigenvalue weighted by Crippen LogP contribution is -2.32. The van der Waals surface area contributed by atoms with Crippen molar-refractivity contribution in [3.8, 4) is 5.75 Å². The van der Waals surface area contributed by atoms with Gasteiger partial charge in [-0.2, -0.15) is 0 Å². The van der Waals surface area contributed by atoms with Crippen LogP contribution in [0.4, 0.5) is 0 Å². The van der Waals surface area contributed by atoms with Crippen LogP contribution in [0.15, 0.2) is 18.2 Å². The molecule has 1 N–H and O–H groups in total. The third-order valence-corrected chi connectivity index (χ3v) is 4.83. The van der Waals surface area contributed by atoms with Crippen LogP contribution in [-0.4, -0.2) is 26.4 Å². The molecule has 20 heavy (non-hydrogen) atoms. The Morgan fingerprint density at radius 2 is 2.25 bits per heavy atom. The molecule has 110 valence electrons. The standard InChI is InChI=1S/C17H25NO2/c1-12-14(8-9-20-12)11-18-17-5-3-4-13-6-7-15(19-2)10-16(13)17/h6-7,10,12,14,17-18H,3-5,8-9,11H2,1-2H3. The van der Waals surface area contributed by atoms with Crippen LogP contribution in [0, 0.1) is 5.92 Å². The summed E-state index contributed by atoms with van der Waals surface area (Å²) >= 11 is 0. The first-order valence-electron chi connectivity index (χ1n) is 7.79. The van der Waals surface area contributed by atoms with Gasteiger partial charge in [0, 0.05) is 19.2 Å². The second-order valence-corrected chi connectivity index (χ2v) is 6.04. The van der Waals surface area contributed by atoms with E-state index in [0.29, 0.717) is 18.1 Å².